The van der Waals surface area contributed by atoms with Crippen LogP contribution in [0.25, 0.3) is 0 Å². The number of hydrogen-bond acceptors (Lipinski definition) is 3. The van der Waals surface area contributed by atoms with E-state index in [1.54, 1.807) is 0 Å². The molecule has 0 aromatic carbocycles. The first-order valence-electron chi connectivity index (χ1n) is 3.97. The monoisotopic (exact) mass is 178 g/mol. The Bertz CT molecular complexity index is 107. The van der Waals surface area contributed by atoms with Crippen LogP contribution in [0, 0.1) is 0 Å². The van der Waals surface area contributed by atoms with E-state index in [1.165, 1.54) is 0 Å². The van der Waals surface area contributed by atoms with Crippen LogP contribution in [0.4, 0.5) is 4.39 Å². The van der Waals surface area contributed by atoms with Gasteiger partial charge in [0.15, 0.2) is 0 Å². The number of thioether (sulfide) groups is 1. The maximum Gasteiger partial charge on any atom is 0.125 e. The molecule has 1 heterocycles. The van der Waals surface area contributed by atoms with E-state index < -0.39 is 6.17 Å². The highest BCUT2D eigenvalue weighted by atomic mass is 32.2. The lowest BCUT2D eigenvalue weighted by atomic mass is 10.3. The maximum atomic E-state index is 12.7. The average Bonchev–Trinajstić information content (AvgIpc) is 2.06. The Morgan fingerprint density at radius 2 is 2.09 bits per heavy atom. The molecule has 11 heavy (non-hydrogen) atoms. The Hall–Kier alpha value is 0.200. The maximum absolute atomic E-state index is 12.7. The second-order valence-corrected chi connectivity index (χ2v) is 3.97. The smallest absolute Gasteiger partial charge is 0.125 e. The fraction of sp³-hybridized carbons (Fsp3) is 1.00. The molecular formula is C7H15FN2S. The molecule has 0 amide bonds. The first kappa shape index (κ1) is 9.29. The van der Waals surface area contributed by atoms with Crippen molar-refractivity contribution < 1.29 is 4.39 Å². The van der Waals surface area contributed by atoms with Gasteiger partial charge in [0, 0.05) is 37.7 Å². The lowest BCUT2D eigenvalue weighted by molar-refractivity contribution is 0.209. The summed E-state index contributed by atoms with van der Waals surface area (Å²) in [5.41, 5.74) is 5.18. The molecule has 1 fully saturated rings. The van der Waals surface area contributed by atoms with Crippen molar-refractivity contribution in [3.05, 3.63) is 0 Å². The zero-order valence-electron chi connectivity index (χ0n) is 6.63. The normalized spacial score (nSPS) is 23.5. The van der Waals surface area contributed by atoms with Gasteiger partial charge in [-0.25, -0.2) is 4.39 Å². The molecule has 1 unspecified atom stereocenters. The van der Waals surface area contributed by atoms with E-state index in [0.717, 1.165) is 24.6 Å². The number of nitrogens with zero attached hydrogens (tertiary/aromatic N) is 1. The van der Waals surface area contributed by atoms with Crippen molar-refractivity contribution in [3.8, 4) is 0 Å². The molecule has 1 rings (SSSR count). The molecule has 0 aromatic rings. The molecular weight excluding hydrogens is 163 g/mol. The number of nitrogens with two attached hydrogens (primary N) is 1. The Balaban J connectivity index is 2.13. The Morgan fingerprint density at radius 3 is 2.64 bits per heavy atom. The van der Waals surface area contributed by atoms with Crippen molar-refractivity contribution >= 4 is 11.8 Å². The molecule has 1 atom stereocenters. The van der Waals surface area contributed by atoms with Crippen LogP contribution < -0.4 is 5.73 Å². The SMILES string of the molecule is NCC(F)CN1CCSCC1. The highest BCUT2D eigenvalue weighted by molar-refractivity contribution is 7.99. The van der Waals surface area contributed by atoms with Crippen molar-refractivity contribution in [1.29, 1.82) is 0 Å². The second kappa shape index (κ2) is 4.95. The fourth-order valence-electron chi connectivity index (χ4n) is 1.14. The van der Waals surface area contributed by atoms with Crippen LogP contribution in [0.3, 0.4) is 0 Å². The third-order valence-corrected chi connectivity index (χ3v) is 2.76. The molecule has 2 nitrogen and oxygen atoms in total. The molecule has 0 aliphatic carbocycles. The van der Waals surface area contributed by atoms with E-state index in [9.17, 15) is 4.39 Å². The molecule has 4 heteroatoms. The molecule has 0 radical (unpaired) electrons. The van der Waals surface area contributed by atoms with Gasteiger partial charge >= 0.3 is 0 Å². The summed E-state index contributed by atoms with van der Waals surface area (Å²) in [5.74, 6) is 2.27. The molecule has 66 valence electrons. The number of alkyl halides is 1. The van der Waals surface area contributed by atoms with Crippen LogP contribution in [0.1, 0.15) is 0 Å². The van der Waals surface area contributed by atoms with Gasteiger partial charge in [-0.3, -0.25) is 4.90 Å². The summed E-state index contributed by atoms with van der Waals surface area (Å²) in [5, 5.41) is 0. The lowest BCUT2D eigenvalue weighted by Gasteiger charge is -2.26. The van der Waals surface area contributed by atoms with Gasteiger partial charge in [0.1, 0.15) is 6.17 Å². The Labute approximate surface area is 71.3 Å². The van der Waals surface area contributed by atoms with Gasteiger partial charge in [-0.15, -0.1) is 0 Å². The second-order valence-electron chi connectivity index (χ2n) is 2.75. The van der Waals surface area contributed by atoms with Gasteiger partial charge in [-0.1, -0.05) is 0 Å². The molecule has 2 N–H and O–H groups in total. The molecule has 1 saturated heterocycles. The van der Waals surface area contributed by atoms with Crippen molar-refractivity contribution in [2.45, 2.75) is 6.17 Å². The standard InChI is InChI=1S/C7H15FN2S/c8-7(5-9)6-10-1-3-11-4-2-10/h7H,1-6,9H2. The van der Waals surface area contributed by atoms with Crippen molar-refractivity contribution in [1.82, 2.24) is 4.90 Å². The topological polar surface area (TPSA) is 29.3 Å². The van der Waals surface area contributed by atoms with E-state index in [2.05, 4.69) is 4.90 Å². The van der Waals surface area contributed by atoms with Crippen LogP contribution in [-0.2, 0) is 0 Å². The van der Waals surface area contributed by atoms with Crippen LogP contribution in [0.15, 0.2) is 0 Å². The van der Waals surface area contributed by atoms with E-state index in [-0.39, 0.29) is 6.54 Å². The fourth-order valence-corrected chi connectivity index (χ4v) is 2.12. The molecule has 0 bridgehead atoms. The zero-order chi connectivity index (χ0) is 8.10. The first-order chi connectivity index (χ1) is 5.33. The van der Waals surface area contributed by atoms with Gasteiger partial charge < -0.3 is 5.73 Å². The predicted octanol–water partition coefficient (Wildman–Crippen LogP) is 0.332. The lowest BCUT2D eigenvalue weighted by Crippen LogP contribution is -2.39. The summed E-state index contributed by atoms with van der Waals surface area (Å²) in [7, 11) is 0. The third kappa shape index (κ3) is 3.40. The summed E-state index contributed by atoms with van der Waals surface area (Å²) in [6.07, 6.45) is -0.835. The molecule has 0 aromatic heterocycles. The largest absolute Gasteiger partial charge is 0.328 e. The minimum atomic E-state index is -0.835. The molecule has 1 aliphatic rings. The molecule has 1 aliphatic heterocycles. The van der Waals surface area contributed by atoms with Crippen molar-refractivity contribution in [2.75, 3.05) is 37.7 Å². The number of hydrogen-bond donors (Lipinski definition) is 1. The van der Waals surface area contributed by atoms with Gasteiger partial charge in [0.25, 0.3) is 0 Å². The summed E-state index contributed by atoms with van der Waals surface area (Å²) in [6.45, 7) is 2.72. The van der Waals surface area contributed by atoms with E-state index in [4.69, 9.17) is 5.73 Å². The van der Waals surface area contributed by atoms with Crippen molar-refractivity contribution in [3.63, 3.8) is 0 Å². The minimum Gasteiger partial charge on any atom is -0.328 e. The van der Waals surface area contributed by atoms with E-state index in [0.29, 0.717) is 6.54 Å². The Kier molecular flexibility index (Phi) is 4.18. The highest BCUT2D eigenvalue weighted by Crippen LogP contribution is 2.09. The Morgan fingerprint density at radius 1 is 1.45 bits per heavy atom. The number of rotatable bonds is 3. The van der Waals surface area contributed by atoms with Crippen LogP contribution in [0.2, 0.25) is 0 Å². The highest BCUT2D eigenvalue weighted by Gasteiger charge is 2.14. The summed E-state index contributed by atoms with van der Waals surface area (Å²) >= 11 is 1.94. The van der Waals surface area contributed by atoms with Gasteiger partial charge in [-0.05, 0) is 0 Å². The van der Waals surface area contributed by atoms with Crippen LogP contribution in [-0.4, -0.2) is 48.8 Å². The van der Waals surface area contributed by atoms with Gasteiger partial charge in [0.2, 0.25) is 0 Å². The third-order valence-electron chi connectivity index (χ3n) is 1.82. The van der Waals surface area contributed by atoms with Gasteiger partial charge in [0.05, 0.1) is 0 Å². The van der Waals surface area contributed by atoms with E-state index in [1.807, 2.05) is 11.8 Å². The number of halogens is 1. The summed E-state index contributed by atoms with van der Waals surface area (Å²) in [6, 6.07) is 0. The predicted molar refractivity (Wildman–Crippen MR) is 47.7 cm³/mol. The summed E-state index contributed by atoms with van der Waals surface area (Å²) in [4.78, 5) is 2.15. The molecule has 0 saturated carbocycles. The quantitative estimate of drug-likeness (QED) is 0.675. The summed E-state index contributed by atoms with van der Waals surface area (Å²) < 4.78 is 12.7. The zero-order valence-corrected chi connectivity index (χ0v) is 7.45. The minimum absolute atomic E-state index is 0.156. The van der Waals surface area contributed by atoms with Crippen molar-refractivity contribution in [2.24, 2.45) is 5.73 Å². The van der Waals surface area contributed by atoms with E-state index >= 15 is 0 Å². The van der Waals surface area contributed by atoms with Gasteiger partial charge in [-0.2, -0.15) is 11.8 Å². The molecule has 0 spiro atoms. The van der Waals surface area contributed by atoms with Crippen LogP contribution in [0.5, 0.6) is 0 Å². The first-order valence-corrected chi connectivity index (χ1v) is 5.12. The van der Waals surface area contributed by atoms with Crippen LogP contribution >= 0.6 is 11.8 Å². The average molecular weight is 178 g/mol.